The van der Waals surface area contributed by atoms with E-state index in [1.165, 1.54) is 238 Å². The lowest BCUT2D eigenvalue weighted by atomic mass is 10.0. The lowest BCUT2D eigenvalue weighted by molar-refractivity contribution is -0.167. The SMILES string of the molecule is CCCCCCCCCCCCCCCCC(=O)O[C@H](COC(=O)CCCCCCCCCCCCCCCCCCC(C)C)COC(=O)CCCCCCCCCCCCCCCCC(C)C. The van der Waals surface area contributed by atoms with E-state index in [0.29, 0.717) is 19.3 Å². The minimum absolute atomic E-state index is 0.0620. The van der Waals surface area contributed by atoms with Gasteiger partial charge in [-0.05, 0) is 31.1 Å². The first-order valence-electron chi connectivity index (χ1n) is 30.7. The molecule has 0 N–H and O–H groups in total. The summed E-state index contributed by atoms with van der Waals surface area (Å²) < 4.78 is 16.9. The molecule has 0 aromatic heterocycles. The summed E-state index contributed by atoms with van der Waals surface area (Å²) in [6, 6.07) is 0. The molecule has 0 heterocycles. The molecular weight excluding hydrogens is 841 g/mol. The fourth-order valence-electron chi connectivity index (χ4n) is 9.58. The number of ether oxygens (including phenoxy) is 3. The summed E-state index contributed by atoms with van der Waals surface area (Å²) in [4.78, 5) is 38.2. The van der Waals surface area contributed by atoms with Crippen LogP contribution in [0.25, 0.3) is 0 Å². The average molecular weight is 962 g/mol. The standard InChI is InChI=1S/C62H120O6/c1-6-7-8-9-10-11-12-13-22-29-34-39-44-49-54-62(65)68-59(56-67-61(64)53-48-43-38-33-28-24-19-18-21-26-31-36-41-46-51-58(4)5)55-66-60(63)52-47-42-37-32-27-23-17-15-14-16-20-25-30-35-40-45-50-57(2)3/h57-59H,6-56H2,1-5H3/t59-/m1/s1. The zero-order valence-corrected chi connectivity index (χ0v) is 46.7. The van der Waals surface area contributed by atoms with Crippen molar-refractivity contribution in [2.24, 2.45) is 11.8 Å². The van der Waals surface area contributed by atoms with Gasteiger partial charge in [-0.1, -0.05) is 311 Å². The van der Waals surface area contributed by atoms with Crippen LogP contribution in [0.5, 0.6) is 0 Å². The number of carbonyl (C=O) groups is 3. The highest BCUT2D eigenvalue weighted by Gasteiger charge is 2.19. The van der Waals surface area contributed by atoms with Gasteiger partial charge in [-0.3, -0.25) is 14.4 Å². The van der Waals surface area contributed by atoms with Crippen LogP contribution in [0.3, 0.4) is 0 Å². The third-order valence-corrected chi connectivity index (χ3v) is 14.2. The molecule has 0 aromatic rings. The third kappa shape index (κ3) is 55.3. The second-order valence-corrected chi connectivity index (χ2v) is 22.3. The van der Waals surface area contributed by atoms with Crippen LogP contribution in [0, 0.1) is 11.8 Å². The number of esters is 3. The molecular formula is C62H120O6. The molecule has 68 heavy (non-hydrogen) atoms. The van der Waals surface area contributed by atoms with Crippen LogP contribution in [0.4, 0.5) is 0 Å². The average Bonchev–Trinajstić information content (AvgIpc) is 3.31. The second-order valence-electron chi connectivity index (χ2n) is 22.3. The van der Waals surface area contributed by atoms with Gasteiger partial charge in [-0.2, -0.15) is 0 Å². The maximum Gasteiger partial charge on any atom is 0.306 e. The molecule has 0 rings (SSSR count). The van der Waals surface area contributed by atoms with Crippen molar-refractivity contribution in [2.75, 3.05) is 13.2 Å². The number of hydrogen-bond donors (Lipinski definition) is 0. The van der Waals surface area contributed by atoms with Gasteiger partial charge in [0.15, 0.2) is 6.10 Å². The molecule has 0 saturated heterocycles. The number of unbranched alkanes of at least 4 members (excludes halogenated alkanes) is 41. The lowest BCUT2D eigenvalue weighted by Gasteiger charge is -2.18. The lowest BCUT2D eigenvalue weighted by Crippen LogP contribution is -2.30. The van der Waals surface area contributed by atoms with Gasteiger partial charge in [0.05, 0.1) is 0 Å². The van der Waals surface area contributed by atoms with Crippen LogP contribution in [0.1, 0.15) is 349 Å². The quantitative estimate of drug-likeness (QED) is 0.0343. The molecule has 0 aromatic carbocycles. The molecule has 1 atom stereocenters. The van der Waals surface area contributed by atoms with E-state index >= 15 is 0 Å². The Bertz CT molecular complexity index is 1040. The van der Waals surface area contributed by atoms with Crippen LogP contribution in [-0.2, 0) is 28.6 Å². The Kier molecular flexibility index (Phi) is 53.5. The highest BCUT2D eigenvalue weighted by Crippen LogP contribution is 2.19. The summed E-state index contributed by atoms with van der Waals surface area (Å²) in [6.07, 6.45) is 59.5. The van der Waals surface area contributed by atoms with Gasteiger partial charge >= 0.3 is 17.9 Å². The fraction of sp³-hybridized carbons (Fsp3) is 0.952. The summed E-state index contributed by atoms with van der Waals surface area (Å²) in [5.74, 6) is 0.864. The summed E-state index contributed by atoms with van der Waals surface area (Å²) in [5, 5.41) is 0. The van der Waals surface area contributed by atoms with Crippen molar-refractivity contribution in [1.82, 2.24) is 0 Å². The van der Waals surface area contributed by atoms with Gasteiger partial charge in [0, 0.05) is 19.3 Å². The van der Waals surface area contributed by atoms with Gasteiger partial charge in [0.1, 0.15) is 13.2 Å². The first kappa shape index (κ1) is 66.4. The Balaban J connectivity index is 4.27. The second kappa shape index (κ2) is 54.7. The molecule has 0 amide bonds. The molecule has 404 valence electrons. The highest BCUT2D eigenvalue weighted by molar-refractivity contribution is 5.71. The zero-order valence-electron chi connectivity index (χ0n) is 46.7. The Morgan fingerprint density at radius 1 is 0.279 bits per heavy atom. The highest BCUT2D eigenvalue weighted by atomic mass is 16.6. The first-order valence-corrected chi connectivity index (χ1v) is 30.7. The van der Waals surface area contributed by atoms with E-state index in [0.717, 1.165) is 69.6 Å². The molecule has 0 radical (unpaired) electrons. The van der Waals surface area contributed by atoms with Crippen molar-refractivity contribution >= 4 is 17.9 Å². The van der Waals surface area contributed by atoms with Crippen molar-refractivity contribution < 1.29 is 28.6 Å². The minimum atomic E-state index is -0.763. The number of hydrogen-bond acceptors (Lipinski definition) is 6. The zero-order chi connectivity index (χ0) is 49.6. The Morgan fingerprint density at radius 2 is 0.485 bits per heavy atom. The van der Waals surface area contributed by atoms with E-state index in [2.05, 4.69) is 34.6 Å². The van der Waals surface area contributed by atoms with Gasteiger partial charge in [0.2, 0.25) is 0 Å². The summed E-state index contributed by atoms with van der Waals surface area (Å²) >= 11 is 0. The summed E-state index contributed by atoms with van der Waals surface area (Å²) in [7, 11) is 0. The Labute approximate surface area is 425 Å². The van der Waals surface area contributed by atoms with Crippen LogP contribution >= 0.6 is 0 Å². The van der Waals surface area contributed by atoms with E-state index < -0.39 is 6.10 Å². The predicted molar refractivity (Wildman–Crippen MR) is 293 cm³/mol. The molecule has 0 aliphatic rings. The smallest absolute Gasteiger partial charge is 0.306 e. The van der Waals surface area contributed by atoms with Crippen LogP contribution in [-0.4, -0.2) is 37.2 Å². The fourth-order valence-corrected chi connectivity index (χ4v) is 9.58. The van der Waals surface area contributed by atoms with E-state index in [4.69, 9.17) is 14.2 Å². The monoisotopic (exact) mass is 961 g/mol. The van der Waals surface area contributed by atoms with Crippen molar-refractivity contribution in [3.63, 3.8) is 0 Å². The minimum Gasteiger partial charge on any atom is -0.462 e. The predicted octanol–water partition coefficient (Wildman–Crippen LogP) is 20.4. The largest absolute Gasteiger partial charge is 0.462 e. The number of carbonyl (C=O) groups excluding carboxylic acids is 3. The molecule has 0 spiro atoms. The van der Waals surface area contributed by atoms with E-state index in [1.54, 1.807) is 0 Å². The maximum atomic E-state index is 12.9. The molecule has 0 bridgehead atoms. The Hall–Kier alpha value is -1.59. The van der Waals surface area contributed by atoms with Gasteiger partial charge in [0.25, 0.3) is 0 Å². The Morgan fingerprint density at radius 3 is 0.721 bits per heavy atom. The maximum absolute atomic E-state index is 12.9. The van der Waals surface area contributed by atoms with Crippen molar-refractivity contribution in [3.8, 4) is 0 Å². The molecule has 0 fully saturated rings. The van der Waals surface area contributed by atoms with Crippen LogP contribution < -0.4 is 0 Å². The van der Waals surface area contributed by atoms with Gasteiger partial charge in [-0.25, -0.2) is 0 Å². The van der Waals surface area contributed by atoms with Crippen LogP contribution in [0.2, 0.25) is 0 Å². The molecule has 0 aliphatic heterocycles. The normalized spacial score (nSPS) is 12.0. The van der Waals surface area contributed by atoms with Crippen molar-refractivity contribution in [2.45, 2.75) is 355 Å². The van der Waals surface area contributed by atoms with Gasteiger partial charge in [-0.15, -0.1) is 0 Å². The molecule has 6 nitrogen and oxygen atoms in total. The van der Waals surface area contributed by atoms with E-state index in [-0.39, 0.29) is 31.1 Å². The van der Waals surface area contributed by atoms with E-state index in [9.17, 15) is 14.4 Å². The molecule has 0 saturated carbocycles. The first-order chi connectivity index (χ1) is 33.2. The van der Waals surface area contributed by atoms with Crippen molar-refractivity contribution in [3.05, 3.63) is 0 Å². The van der Waals surface area contributed by atoms with Crippen LogP contribution in [0.15, 0.2) is 0 Å². The van der Waals surface area contributed by atoms with E-state index in [1.807, 2.05) is 0 Å². The summed E-state index contributed by atoms with van der Waals surface area (Å²) in [5.41, 5.74) is 0. The molecule has 6 heteroatoms. The van der Waals surface area contributed by atoms with Crippen molar-refractivity contribution in [1.29, 1.82) is 0 Å². The molecule has 0 unspecified atom stereocenters. The third-order valence-electron chi connectivity index (χ3n) is 14.2. The van der Waals surface area contributed by atoms with Gasteiger partial charge < -0.3 is 14.2 Å². The topological polar surface area (TPSA) is 78.9 Å². The molecule has 0 aliphatic carbocycles. The summed E-state index contributed by atoms with van der Waals surface area (Å²) in [6.45, 7) is 11.4. The number of rotatable bonds is 56.